The van der Waals surface area contributed by atoms with Gasteiger partial charge < -0.3 is 91.9 Å². The minimum Gasteiger partial charge on any atom is -0.460 e. The maximum absolute atomic E-state index is 16.1. The second-order valence-corrected chi connectivity index (χ2v) is 28.2. The summed E-state index contributed by atoms with van der Waals surface area (Å²) in [7, 11) is 0. The van der Waals surface area contributed by atoms with E-state index in [9.17, 15) is 30.1 Å². The van der Waals surface area contributed by atoms with Gasteiger partial charge in [-0.25, -0.2) is 14.4 Å². The van der Waals surface area contributed by atoms with Gasteiger partial charge in [-0.2, -0.15) is 0 Å². The highest BCUT2D eigenvalue weighted by atomic mass is 16.8. The Balaban J connectivity index is 0.866. The fraction of sp³-hybridized carbons (Fsp3) is 0.379. The van der Waals surface area contributed by atoms with Crippen LogP contribution in [0.5, 0.6) is 0 Å². The van der Waals surface area contributed by atoms with Crippen molar-refractivity contribution in [3.05, 3.63) is 298 Å². The monoisotopic (exact) mass is 1540 g/mol. The van der Waals surface area contributed by atoms with Crippen molar-refractivity contribution in [3.63, 3.8) is 0 Å². The van der Waals surface area contributed by atoms with Gasteiger partial charge in [-0.15, -0.1) is 0 Å². The number of amides is 2. The molecule has 8 aromatic rings. The Morgan fingerprint density at radius 3 is 1.71 bits per heavy atom. The fourth-order valence-electron chi connectivity index (χ4n) is 14.8. The van der Waals surface area contributed by atoms with Crippen LogP contribution in [0.1, 0.15) is 70.7 Å². The van der Waals surface area contributed by atoms with E-state index >= 15 is 4.79 Å². The number of hydrogen-bond donors (Lipinski definition) is 4. The topological polar surface area (TPSA) is 320 Å². The number of benzene rings is 8. The van der Waals surface area contributed by atoms with E-state index < -0.39 is 147 Å². The van der Waals surface area contributed by atoms with Gasteiger partial charge in [-0.1, -0.05) is 248 Å². The molecular weight excluding hydrogens is 1450 g/mol. The van der Waals surface area contributed by atoms with Gasteiger partial charge in [-0.05, 0) is 68.1 Å². The van der Waals surface area contributed by atoms with Gasteiger partial charge in [0.05, 0.1) is 77.7 Å². The van der Waals surface area contributed by atoms with E-state index in [0.717, 1.165) is 50.1 Å². The molecule has 1 spiro atoms. The van der Waals surface area contributed by atoms with Crippen molar-refractivity contribution in [2.45, 2.75) is 176 Å². The second kappa shape index (κ2) is 39.6. The molecule has 592 valence electrons. The molecule has 5 aliphatic rings. The van der Waals surface area contributed by atoms with Crippen LogP contribution in [0.3, 0.4) is 0 Å². The lowest BCUT2D eigenvalue weighted by atomic mass is 9.86. The number of azide groups is 1. The SMILES string of the molecule is C=CCOC(=O)[C@@H](NC(=O)OCC1c2ccccc2-c2ccccc21)[C@@H](C)O[C@H]1O[C@H](CO)[C@H](O)[C@H](O[C@@H]2O[C@H](COCc3ccccc3)[C@@H]3OC(=O)C4(C[C@H](OCc5ccccc5)[C@@H](NC(C)=O)[C@H]([C@H](OCc5ccccc5)[C@@H](COCc5ccccc5)OCc5ccccc5)O4)O[C@@H]3[C@H]2OCc2ccccc2)[C@H]1N=[N+]=[N-]. The molecule has 2 amide bonds. The summed E-state index contributed by atoms with van der Waals surface area (Å²) in [4.78, 5) is 61.5. The molecule has 4 fully saturated rings. The normalized spacial score (nSPS) is 25.5. The molecule has 4 heterocycles. The number of aliphatic hydroxyl groups excluding tert-OH is 2. The number of ether oxygens (including phenoxy) is 15. The predicted molar refractivity (Wildman–Crippen MR) is 409 cm³/mol. The van der Waals surface area contributed by atoms with Crippen molar-refractivity contribution in [2.75, 3.05) is 33.0 Å². The van der Waals surface area contributed by atoms with Gasteiger partial charge in [0.15, 0.2) is 24.7 Å². The molecule has 0 radical (unpaired) electrons. The Bertz CT molecular complexity index is 4380. The summed E-state index contributed by atoms with van der Waals surface area (Å²) in [5, 5.41) is 33.6. The zero-order chi connectivity index (χ0) is 78.5. The lowest BCUT2D eigenvalue weighted by Gasteiger charge is -2.56. The Labute approximate surface area is 655 Å². The Morgan fingerprint density at radius 2 is 1.15 bits per heavy atom. The van der Waals surface area contributed by atoms with E-state index in [1.54, 1.807) is 0 Å². The van der Waals surface area contributed by atoms with Crippen LogP contribution in [0.15, 0.2) is 248 Å². The maximum Gasteiger partial charge on any atom is 0.407 e. The Kier molecular flexibility index (Phi) is 28.4. The smallest absolute Gasteiger partial charge is 0.407 e. The summed E-state index contributed by atoms with van der Waals surface area (Å²) in [6.07, 6.45) is -20.9. The van der Waals surface area contributed by atoms with Gasteiger partial charge in [0.25, 0.3) is 5.79 Å². The standard InChI is InChI=1S/C87H93N5O21/c1-4-43-101-82(96)72(90-86(98)106-52-67-65-41-25-23-39-63(65)64-40-24-26-42-66(64)67)55(2)107-83-74(91-92-88)78(75(95)69(45-93)108-83)110-84-81(105-51-62-37-21-10-22-38-62)80-77(71(109-84)54-100-47-58-29-13-6-14-30-58)111-85(97)87(113-80)44-68(102-48-59-31-15-7-16-32-59)73(89-56(3)94)79(112-87)76(104-50-61-35-19-9-20-36-61)70(103-49-60-33-17-8-18-34-60)53-99-46-57-27-11-5-12-28-57/h4-42,55,67-81,83-84,93,95H,1,43-54H2,2-3H3,(H,89,94)(H,90,98)/t55-,68+,69-,70-,71-,72+,73-,74-,75+,76-,77+,78-,79-,80+,81-,83+,84+,87?/m1/s1. The average Bonchev–Trinajstić information content (AvgIpc) is 1.30. The van der Waals surface area contributed by atoms with Crippen molar-refractivity contribution in [1.82, 2.24) is 10.6 Å². The number of hydrogen-bond acceptors (Lipinski definition) is 22. The molecule has 0 aromatic heterocycles. The van der Waals surface area contributed by atoms with E-state index in [-0.39, 0.29) is 72.0 Å². The number of aliphatic hydroxyl groups is 2. The van der Waals surface area contributed by atoms with Crippen molar-refractivity contribution in [3.8, 4) is 11.1 Å². The zero-order valence-corrected chi connectivity index (χ0v) is 62.6. The van der Waals surface area contributed by atoms with Crippen LogP contribution in [0.25, 0.3) is 21.6 Å². The van der Waals surface area contributed by atoms with Gasteiger partial charge in [0.1, 0.15) is 74.2 Å². The molecule has 1 unspecified atom stereocenters. The number of nitrogens with one attached hydrogen (secondary N) is 2. The molecule has 4 saturated heterocycles. The second-order valence-electron chi connectivity index (χ2n) is 28.2. The van der Waals surface area contributed by atoms with E-state index in [1.807, 2.05) is 231 Å². The van der Waals surface area contributed by atoms with Crippen molar-refractivity contribution in [1.29, 1.82) is 0 Å². The number of esters is 2. The van der Waals surface area contributed by atoms with Gasteiger partial charge >= 0.3 is 18.0 Å². The number of carbonyl (C=O) groups is 4. The molecule has 0 saturated carbocycles. The first-order valence-corrected chi connectivity index (χ1v) is 37.8. The highest BCUT2D eigenvalue weighted by Gasteiger charge is 2.66. The third kappa shape index (κ3) is 20.5. The minimum absolute atomic E-state index is 0.0320. The molecule has 0 bridgehead atoms. The average molecular weight is 1540 g/mol. The van der Waals surface area contributed by atoms with Crippen LogP contribution >= 0.6 is 0 Å². The molecule has 113 heavy (non-hydrogen) atoms. The first-order valence-electron chi connectivity index (χ1n) is 37.8. The highest BCUT2D eigenvalue weighted by Crippen LogP contribution is 2.47. The molecule has 4 aliphatic heterocycles. The van der Waals surface area contributed by atoms with E-state index in [1.165, 1.54) is 19.9 Å². The van der Waals surface area contributed by atoms with E-state index in [4.69, 9.17) is 71.1 Å². The van der Waals surface area contributed by atoms with Crippen LogP contribution in [0, 0.1) is 0 Å². The lowest BCUT2D eigenvalue weighted by molar-refractivity contribution is -0.408. The molecule has 4 N–H and O–H groups in total. The van der Waals surface area contributed by atoms with Crippen molar-refractivity contribution in [2.24, 2.45) is 5.11 Å². The summed E-state index contributed by atoms with van der Waals surface area (Å²) >= 11 is 0. The first kappa shape index (κ1) is 81.0. The van der Waals surface area contributed by atoms with Gasteiger partial charge in [-0.3, -0.25) is 4.79 Å². The van der Waals surface area contributed by atoms with Crippen LogP contribution in [-0.2, 0) is 125 Å². The van der Waals surface area contributed by atoms with Crippen molar-refractivity contribution < 1.29 is 100 Å². The molecule has 8 aromatic carbocycles. The Morgan fingerprint density at radius 1 is 0.628 bits per heavy atom. The summed E-state index contributed by atoms with van der Waals surface area (Å²) in [5.74, 6) is -5.32. The lowest BCUT2D eigenvalue weighted by Crippen LogP contribution is -2.75. The number of carbonyl (C=O) groups excluding carboxylic acids is 4. The van der Waals surface area contributed by atoms with Crippen LogP contribution in [0.4, 0.5) is 4.79 Å². The quantitative estimate of drug-likeness (QED) is 0.00708. The number of rotatable bonds is 36. The van der Waals surface area contributed by atoms with Gasteiger partial charge in [0, 0.05) is 24.2 Å². The first-order chi connectivity index (χ1) is 55.3. The number of nitrogens with zero attached hydrogens (tertiary/aromatic N) is 3. The highest BCUT2D eigenvalue weighted by molar-refractivity contribution is 5.83. The summed E-state index contributed by atoms with van der Waals surface area (Å²) in [6, 6.07) is 67.3. The summed E-state index contributed by atoms with van der Waals surface area (Å²) < 4.78 is 101. The molecule has 13 rings (SSSR count). The van der Waals surface area contributed by atoms with Crippen LogP contribution in [-0.4, -0.2) is 177 Å². The van der Waals surface area contributed by atoms with Crippen LogP contribution in [0.2, 0.25) is 0 Å². The summed E-state index contributed by atoms with van der Waals surface area (Å²) in [5.41, 5.74) is 19.1. The molecule has 26 nitrogen and oxygen atoms in total. The summed E-state index contributed by atoms with van der Waals surface area (Å²) in [6.45, 7) is 4.81. The maximum atomic E-state index is 16.1. The van der Waals surface area contributed by atoms with E-state index in [0.29, 0.717) is 5.56 Å². The largest absolute Gasteiger partial charge is 0.460 e. The molecular formula is C87H93N5O21. The fourth-order valence-corrected chi connectivity index (χ4v) is 14.8. The van der Waals surface area contributed by atoms with Crippen LogP contribution < -0.4 is 10.6 Å². The zero-order valence-electron chi connectivity index (χ0n) is 62.6. The number of alkyl carbamates (subject to hydrolysis) is 1. The predicted octanol–water partition coefficient (Wildman–Crippen LogP) is 11.0. The number of fused-ring (bicyclic) bond motifs is 4. The van der Waals surface area contributed by atoms with Crippen molar-refractivity contribution >= 4 is 23.9 Å². The third-order valence-electron chi connectivity index (χ3n) is 20.4. The van der Waals surface area contributed by atoms with E-state index in [2.05, 4.69) is 27.2 Å². The Hall–Kier alpha value is -10.1. The molecule has 18 atom stereocenters. The van der Waals surface area contributed by atoms with Gasteiger partial charge in [0.2, 0.25) is 5.91 Å². The third-order valence-corrected chi connectivity index (χ3v) is 20.4. The molecule has 1 aliphatic carbocycles. The minimum atomic E-state index is -2.50. The molecule has 26 heteroatoms.